The first-order valence-electron chi connectivity index (χ1n) is 8.24. The number of carbonyl (C=O) groups excluding carboxylic acids is 1. The van der Waals surface area contributed by atoms with Crippen LogP contribution in [0, 0.1) is 6.92 Å². The molecule has 136 valence electrons. The normalized spacial score (nSPS) is 15.9. The van der Waals surface area contributed by atoms with E-state index >= 15 is 0 Å². The fraction of sp³-hybridized carbons (Fsp3) is 0.105. The van der Waals surface area contributed by atoms with Crippen molar-refractivity contribution in [2.45, 2.75) is 6.92 Å². The number of nitrogens with zero attached hydrogens (tertiary/aromatic N) is 3. The van der Waals surface area contributed by atoms with Gasteiger partial charge < -0.3 is 4.98 Å². The molecule has 0 unspecified atom stereocenters. The molecule has 1 N–H and O–H groups in total. The Labute approximate surface area is 165 Å². The highest BCUT2D eigenvalue weighted by atomic mass is 32.2. The van der Waals surface area contributed by atoms with Crippen molar-refractivity contribution in [3.05, 3.63) is 75.3 Å². The van der Waals surface area contributed by atoms with E-state index in [1.807, 2.05) is 49.4 Å². The summed E-state index contributed by atoms with van der Waals surface area (Å²) < 4.78 is 3.63. The smallest absolute Gasteiger partial charge is 0.296 e. The monoisotopic (exact) mass is 396 g/mol. The van der Waals surface area contributed by atoms with Gasteiger partial charge in [0.1, 0.15) is 5.69 Å². The van der Waals surface area contributed by atoms with E-state index in [-0.39, 0.29) is 11.5 Å². The maximum absolute atomic E-state index is 13.2. The molecule has 1 amide bonds. The zero-order valence-corrected chi connectivity index (χ0v) is 16.3. The summed E-state index contributed by atoms with van der Waals surface area (Å²) in [5, 5.41) is 0. The Morgan fingerprint density at radius 3 is 2.52 bits per heavy atom. The third-order valence-electron chi connectivity index (χ3n) is 4.45. The van der Waals surface area contributed by atoms with Crippen molar-refractivity contribution in [3.63, 3.8) is 0 Å². The number of anilines is 1. The molecule has 1 aliphatic rings. The molecule has 0 bridgehead atoms. The number of aromatic nitrogens is 3. The molecule has 1 aromatic carbocycles. The van der Waals surface area contributed by atoms with Crippen LogP contribution in [0.3, 0.4) is 0 Å². The number of carbonyl (C=O) groups is 1. The zero-order chi connectivity index (χ0) is 19.1. The maximum atomic E-state index is 13.2. The number of aromatic amines is 1. The van der Waals surface area contributed by atoms with E-state index < -0.39 is 0 Å². The molecule has 0 saturated carbocycles. The fourth-order valence-electron chi connectivity index (χ4n) is 3.05. The van der Waals surface area contributed by atoms with E-state index in [0.29, 0.717) is 20.6 Å². The number of nitrogens with one attached hydrogen (secondary N) is 1. The first kappa shape index (κ1) is 17.6. The van der Waals surface area contributed by atoms with Gasteiger partial charge in [-0.05, 0) is 37.3 Å². The van der Waals surface area contributed by atoms with Crippen LogP contribution in [0.1, 0.15) is 11.4 Å². The van der Waals surface area contributed by atoms with Crippen LogP contribution >= 0.6 is 24.0 Å². The van der Waals surface area contributed by atoms with Crippen molar-refractivity contribution in [3.8, 4) is 5.69 Å². The van der Waals surface area contributed by atoms with Gasteiger partial charge >= 0.3 is 0 Å². The second-order valence-corrected chi connectivity index (χ2v) is 7.73. The largest absolute Gasteiger partial charge is 0.362 e. The van der Waals surface area contributed by atoms with Crippen LogP contribution in [-0.4, -0.2) is 24.6 Å². The van der Waals surface area contributed by atoms with Crippen molar-refractivity contribution in [1.29, 1.82) is 0 Å². The lowest BCUT2D eigenvalue weighted by Gasteiger charge is -2.12. The lowest BCUT2D eigenvalue weighted by molar-refractivity contribution is -0.113. The molecule has 0 aliphatic carbocycles. The van der Waals surface area contributed by atoms with E-state index in [2.05, 4.69) is 4.98 Å². The van der Waals surface area contributed by atoms with Crippen molar-refractivity contribution in [2.24, 2.45) is 7.05 Å². The van der Waals surface area contributed by atoms with Gasteiger partial charge in [0, 0.05) is 18.9 Å². The number of para-hydroxylation sites is 1. The number of benzene rings is 1. The van der Waals surface area contributed by atoms with Crippen LogP contribution in [0.4, 0.5) is 5.69 Å². The van der Waals surface area contributed by atoms with Crippen molar-refractivity contribution >= 4 is 46.0 Å². The Morgan fingerprint density at radius 2 is 1.85 bits per heavy atom. The third-order valence-corrected chi connectivity index (χ3v) is 5.75. The molecule has 1 fully saturated rings. The molecule has 8 heteroatoms. The van der Waals surface area contributed by atoms with Crippen LogP contribution in [-0.2, 0) is 11.8 Å². The molecule has 3 aromatic rings. The molecule has 0 atom stereocenters. The number of thiocarbonyl (C=S) groups is 1. The molecule has 4 rings (SSSR count). The maximum Gasteiger partial charge on any atom is 0.296 e. The zero-order valence-electron chi connectivity index (χ0n) is 14.7. The molecule has 27 heavy (non-hydrogen) atoms. The van der Waals surface area contributed by atoms with Gasteiger partial charge in [-0.25, -0.2) is 4.68 Å². The van der Waals surface area contributed by atoms with Crippen molar-refractivity contribution in [1.82, 2.24) is 14.3 Å². The van der Waals surface area contributed by atoms with Gasteiger partial charge in [0.05, 0.1) is 16.3 Å². The van der Waals surface area contributed by atoms with Gasteiger partial charge in [-0.15, -0.1) is 0 Å². The lowest BCUT2D eigenvalue weighted by atomic mass is 10.3. The number of hydrogen-bond donors (Lipinski definition) is 1. The molecule has 6 nitrogen and oxygen atoms in total. The summed E-state index contributed by atoms with van der Waals surface area (Å²) in [6, 6.07) is 13.0. The standard InChI is InChI=1S/C19H16N4O2S2/c1-12-16(18(25)23(21(12)2)14-8-4-3-5-9-14)22-17(24)15(27-19(22)26)11-13-7-6-10-20-13/h3-11,20H,1-2H3/b15-11-. The summed E-state index contributed by atoms with van der Waals surface area (Å²) >= 11 is 6.62. The summed E-state index contributed by atoms with van der Waals surface area (Å²) in [5.74, 6) is -0.286. The Balaban J connectivity index is 1.82. The minimum atomic E-state index is -0.286. The van der Waals surface area contributed by atoms with Crippen LogP contribution < -0.4 is 10.5 Å². The quantitative estimate of drug-likeness (QED) is 0.545. The molecule has 1 saturated heterocycles. The number of amides is 1. The van der Waals surface area contributed by atoms with Crippen molar-refractivity contribution < 1.29 is 4.79 Å². The summed E-state index contributed by atoms with van der Waals surface area (Å²) in [4.78, 5) is 31.0. The first-order valence-corrected chi connectivity index (χ1v) is 9.47. The SMILES string of the molecule is Cc1c(N2C(=O)/C(=C/c3ccc[nH]3)SC2=S)c(=O)n(-c2ccccc2)n1C. The molecular weight excluding hydrogens is 380 g/mol. The molecular formula is C19H16N4O2S2. The van der Waals surface area contributed by atoms with Crippen LogP contribution in [0.15, 0.2) is 58.4 Å². The van der Waals surface area contributed by atoms with E-state index in [9.17, 15) is 9.59 Å². The van der Waals surface area contributed by atoms with Gasteiger partial charge in [-0.1, -0.05) is 42.2 Å². The lowest BCUT2D eigenvalue weighted by Crippen LogP contribution is -2.33. The Hall–Kier alpha value is -2.84. The number of hydrogen-bond acceptors (Lipinski definition) is 4. The molecule has 1 aliphatic heterocycles. The topological polar surface area (TPSA) is 63.0 Å². The second kappa shape index (κ2) is 6.71. The summed E-state index contributed by atoms with van der Waals surface area (Å²) in [5.41, 5.74) is 2.22. The van der Waals surface area contributed by atoms with Gasteiger partial charge in [0.25, 0.3) is 11.5 Å². The predicted octanol–water partition coefficient (Wildman–Crippen LogP) is 3.22. The molecule has 2 aromatic heterocycles. The summed E-state index contributed by atoms with van der Waals surface area (Å²) in [7, 11) is 1.79. The minimum Gasteiger partial charge on any atom is -0.362 e. The highest BCUT2D eigenvalue weighted by Crippen LogP contribution is 2.36. The van der Waals surface area contributed by atoms with Crippen molar-refractivity contribution in [2.75, 3.05) is 4.90 Å². The Bertz CT molecular complexity index is 1120. The highest BCUT2D eigenvalue weighted by Gasteiger charge is 2.37. The summed E-state index contributed by atoms with van der Waals surface area (Å²) in [6.07, 6.45) is 3.53. The Morgan fingerprint density at radius 1 is 1.11 bits per heavy atom. The second-order valence-electron chi connectivity index (χ2n) is 6.05. The highest BCUT2D eigenvalue weighted by molar-refractivity contribution is 8.27. The van der Waals surface area contributed by atoms with E-state index in [1.54, 1.807) is 24.0 Å². The first-order chi connectivity index (χ1) is 13.0. The number of thioether (sulfide) groups is 1. The van der Waals surface area contributed by atoms with Crippen LogP contribution in [0.5, 0.6) is 0 Å². The van der Waals surface area contributed by atoms with Crippen LogP contribution in [0.2, 0.25) is 0 Å². The summed E-state index contributed by atoms with van der Waals surface area (Å²) in [6.45, 7) is 1.81. The van der Waals surface area contributed by atoms with E-state index in [1.165, 1.54) is 21.3 Å². The predicted molar refractivity (Wildman–Crippen MR) is 112 cm³/mol. The van der Waals surface area contributed by atoms with Crippen LogP contribution in [0.25, 0.3) is 11.8 Å². The van der Waals surface area contributed by atoms with Gasteiger partial charge in [-0.2, -0.15) is 0 Å². The van der Waals surface area contributed by atoms with E-state index in [4.69, 9.17) is 12.2 Å². The Kier molecular flexibility index (Phi) is 4.37. The molecule has 0 radical (unpaired) electrons. The number of rotatable bonds is 3. The number of H-pyrrole nitrogens is 1. The average Bonchev–Trinajstić information content (AvgIpc) is 3.31. The van der Waals surface area contributed by atoms with E-state index in [0.717, 1.165) is 11.4 Å². The third kappa shape index (κ3) is 2.87. The van der Waals surface area contributed by atoms with Gasteiger partial charge in [0.2, 0.25) is 0 Å². The van der Waals surface area contributed by atoms with Gasteiger partial charge in [0.15, 0.2) is 4.32 Å². The minimum absolute atomic E-state index is 0.279. The average molecular weight is 396 g/mol. The fourth-order valence-corrected chi connectivity index (χ4v) is 4.31. The van der Waals surface area contributed by atoms with Gasteiger partial charge in [-0.3, -0.25) is 19.2 Å². The molecule has 3 heterocycles. The molecule has 0 spiro atoms.